The van der Waals surface area contributed by atoms with Crippen LogP contribution in [0.25, 0.3) is 0 Å². The standard InChI is InChI=1S/C17H19BrFNO/c1-11(13-7-4-5-8-14(13)18)20-12(2)17-15(19)9-6-10-16(17)21-3/h4-12,20H,1-3H3/t11-,12?/m1/s1. The van der Waals surface area contributed by atoms with Crippen LogP contribution in [0.1, 0.15) is 37.1 Å². The Morgan fingerprint density at radius 2 is 1.76 bits per heavy atom. The molecule has 0 spiro atoms. The van der Waals surface area contributed by atoms with E-state index in [0.717, 1.165) is 10.0 Å². The van der Waals surface area contributed by atoms with Crippen LogP contribution in [0, 0.1) is 5.82 Å². The maximum Gasteiger partial charge on any atom is 0.131 e. The molecule has 21 heavy (non-hydrogen) atoms. The number of nitrogens with one attached hydrogen (secondary N) is 1. The highest BCUT2D eigenvalue weighted by Gasteiger charge is 2.19. The number of methoxy groups -OCH3 is 1. The molecule has 2 rings (SSSR count). The molecule has 0 bridgehead atoms. The Morgan fingerprint density at radius 1 is 1.05 bits per heavy atom. The molecular weight excluding hydrogens is 333 g/mol. The Balaban J connectivity index is 2.22. The summed E-state index contributed by atoms with van der Waals surface area (Å²) in [6.07, 6.45) is 0. The van der Waals surface area contributed by atoms with Gasteiger partial charge in [-0.05, 0) is 37.6 Å². The molecule has 112 valence electrons. The van der Waals surface area contributed by atoms with Gasteiger partial charge in [0.05, 0.1) is 7.11 Å². The maximum atomic E-state index is 14.1. The Bertz CT molecular complexity index is 617. The largest absolute Gasteiger partial charge is 0.496 e. The van der Waals surface area contributed by atoms with E-state index in [1.165, 1.54) is 6.07 Å². The van der Waals surface area contributed by atoms with E-state index in [1.54, 1.807) is 19.2 Å². The average molecular weight is 352 g/mol. The molecule has 2 atom stereocenters. The molecule has 0 amide bonds. The minimum atomic E-state index is -0.256. The molecule has 4 heteroatoms. The highest BCUT2D eigenvalue weighted by molar-refractivity contribution is 9.10. The molecule has 0 aromatic heterocycles. The molecule has 0 saturated heterocycles. The smallest absolute Gasteiger partial charge is 0.131 e. The summed E-state index contributed by atoms with van der Waals surface area (Å²) >= 11 is 3.55. The molecule has 0 heterocycles. The fourth-order valence-corrected chi connectivity index (χ4v) is 3.12. The lowest BCUT2D eigenvalue weighted by atomic mass is 10.0. The van der Waals surface area contributed by atoms with Crippen LogP contribution in [0.3, 0.4) is 0 Å². The third-order valence-electron chi connectivity index (χ3n) is 3.54. The van der Waals surface area contributed by atoms with Crippen molar-refractivity contribution in [1.82, 2.24) is 5.32 Å². The molecule has 0 aliphatic heterocycles. The maximum absolute atomic E-state index is 14.1. The molecule has 0 radical (unpaired) electrons. The van der Waals surface area contributed by atoms with Crippen molar-refractivity contribution in [3.8, 4) is 5.75 Å². The fourth-order valence-electron chi connectivity index (χ4n) is 2.49. The van der Waals surface area contributed by atoms with Crippen LogP contribution in [-0.2, 0) is 0 Å². The van der Waals surface area contributed by atoms with E-state index >= 15 is 0 Å². The number of hydrogen-bond donors (Lipinski definition) is 1. The van der Waals surface area contributed by atoms with Gasteiger partial charge in [0, 0.05) is 22.1 Å². The zero-order valence-electron chi connectivity index (χ0n) is 12.4. The topological polar surface area (TPSA) is 21.3 Å². The number of rotatable bonds is 5. The second-order valence-corrected chi connectivity index (χ2v) is 5.84. The average Bonchev–Trinajstić information content (AvgIpc) is 2.46. The van der Waals surface area contributed by atoms with Crippen LogP contribution < -0.4 is 10.1 Å². The van der Waals surface area contributed by atoms with Crippen LogP contribution in [0.5, 0.6) is 5.75 Å². The molecule has 0 aliphatic rings. The van der Waals surface area contributed by atoms with Gasteiger partial charge in [0.25, 0.3) is 0 Å². The van der Waals surface area contributed by atoms with Crippen LogP contribution in [0.15, 0.2) is 46.9 Å². The summed E-state index contributed by atoms with van der Waals surface area (Å²) in [5, 5.41) is 3.42. The van der Waals surface area contributed by atoms with Crippen molar-refractivity contribution < 1.29 is 9.13 Å². The minimum Gasteiger partial charge on any atom is -0.496 e. The highest BCUT2D eigenvalue weighted by atomic mass is 79.9. The highest BCUT2D eigenvalue weighted by Crippen LogP contribution is 2.31. The second-order valence-electron chi connectivity index (χ2n) is 4.99. The predicted octanol–water partition coefficient (Wildman–Crippen LogP) is 5.01. The van der Waals surface area contributed by atoms with Gasteiger partial charge >= 0.3 is 0 Å². The van der Waals surface area contributed by atoms with Crippen molar-refractivity contribution >= 4 is 15.9 Å². The van der Waals surface area contributed by atoms with Gasteiger partial charge in [0.1, 0.15) is 11.6 Å². The first-order chi connectivity index (χ1) is 10.0. The predicted molar refractivity (Wildman–Crippen MR) is 87.1 cm³/mol. The first-order valence-corrected chi connectivity index (χ1v) is 7.66. The molecular formula is C17H19BrFNO. The first-order valence-electron chi connectivity index (χ1n) is 6.87. The van der Waals surface area contributed by atoms with Crippen LogP contribution in [-0.4, -0.2) is 7.11 Å². The summed E-state index contributed by atoms with van der Waals surface area (Å²) in [4.78, 5) is 0. The Morgan fingerprint density at radius 3 is 2.43 bits per heavy atom. The van der Waals surface area contributed by atoms with Crippen molar-refractivity contribution in [2.45, 2.75) is 25.9 Å². The van der Waals surface area contributed by atoms with E-state index in [0.29, 0.717) is 11.3 Å². The van der Waals surface area contributed by atoms with E-state index in [2.05, 4.69) is 28.2 Å². The van der Waals surface area contributed by atoms with Crippen LogP contribution >= 0.6 is 15.9 Å². The van der Waals surface area contributed by atoms with Gasteiger partial charge < -0.3 is 10.1 Å². The number of halogens is 2. The van der Waals surface area contributed by atoms with Crippen molar-refractivity contribution in [2.24, 2.45) is 0 Å². The van der Waals surface area contributed by atoms with Crippen LogP contribution in [0.2, 0.25) is 0 Å². The third-order valence-corrected chi connectivity index (χ3v) is 4.26. The Hall–Kier alpha value is -1.39. The fraction of sp³-hybridized carbons (Fsp3) is 0.294. The van der Waals surface area contributed by atoms with Crippen molar-refractivity contribution in [1.29, 1.82) is 0 Å². The summed E-state index contributed by atoms with van der Waals surface area (Å²) < 4.78 is 20.4. The SMILES string of the molecule is COc1cccc(F)c1C(C)N[C@H](C)c1ccccc1Br. The summed E-state index contributed by atoms with van der Waals surface area (Å²) in [7, 11) is 1.56. The van der Waals surface area contributed by atoms with Crippen molar-refractivity contribution in [3.63, 3.8) is 0 Å². The molecule has 0 aliphatic carbocycles. The van der Waals surface area contributed by atoms with E-state index in [1.807, 2.05) is 31.2 Å². The lowest BCUT2D eigenvalue weighted by Crippen LogP contribution is -2.24. The zero-order valence-corrected chi connectivity index (χ0v) is 13.9. The van der Waals surface area contributed by atoms with Crippen molar-refractivity contribution in [2.75, 3.05) is 7.11 Å². The lowest BCUT2D eigenvalue weighted by molar-refractivity contribution is 0.387. The van der Waals surface area contributed by atoms with Gasteiger partial charge in [-0.2, -0.15) is 0 Å². The normalized spacial score (nSPS) is 13.8. The van der Waals surface area contributed by atoms with Gasteiger partial charge in [-0.3, -0.25) is 0 Å². The minimum absolute atomic E-state index is 0.0832. The third kappa shape index (κ3) is 3.63. The molecule has 1 unspecified atom stereocenters. The first kappa shape index (κ1) is 16.0. The van der Waals surface area contributed by atoms with E-state index < -0.39 is 0 Å². The Kier molecular flexibility index (Phi) is 5.37. The molecule has 0 fully saturated rings. The van der Waals surface area contributed by atoms with Crippen molar-refractivity contribution in [3.05, 3.63) is 63.9 Å². The number of hydrogen-bond acceptors (Lipinski definition) is 2. The van der Waals surface area contributed by atoms with E-state index in [4.69, 9.17) is 4.74 Å². The van der Waals surface area contributed by atoms with Gasteiger partial charge in [0.2, 0.25) is 0 Å². The summed E-state index contributed by atoms with van der Waals surface area (Å²) in [5.41, 5.74) is 1.69. The van der Waals surface area contributed by atoms with Gasteiger partial charge in [-0.1, -0.05) is 40.2 Å². The zero-order chi connectivity index (χ0) is 15.4. The quantitative estimate of drug-likeness (QED) is 0.817. The molecule has 1 N–H and O–H groups in total. The van der Waals surface area contributed by atoms with Gasteiger partial charge in [0.15, 0.2) is 0 Å². The Labute approximate surface area is 133 Å². The summed E-state index contributed by atoms with van der Waals surface area (Å²) in [5.74, 6) is 0.308. The van der Waals surface area contributed by atoms with E-state index in [-0.39, 0.29) is 17.9 Å². The van der Waals surface area contributed by atoms with Gasteiger partial charge in [-0.15, -0.1) is 0 Å². The van der Waals surface area contributed by atoms with E-state index in [9.17, 15) is 4.39 Å². The van der Waals surface area contributed by atoms with Crippen LogP contribution in [0.4, 0.5) is 4.39 Å². The summed E-state index contributed by atoms with van der Waals surface area (Å²) in [6.45, 7) is 4.00. The lowest BCUT2D eigenvalue weighted by Gasteiger charge is -2.23. The monoisotopic (exact) mass is 351 g/mol. The number of benzene rings is 2. The molecule has 2 aromatic rings. The molecule has 2 aromatic carbocycles. The molecule has 0 saturated carbocycles. The molecule has 2 nitrogen and oxygen atoms in total. The summed E-state index contributed by atoms with van der Waals surface area (Å²) in [6, 6.07) is 12.8. The number of ether oxygens (including phenoxy) is 1. The van der Waals surface area contributed by atoms with Gasteiger partial charge in [-0.25, -0.2) is 4.39 Å². The second kappa shape index (κ2) is 7.05.